The maximum atomic E-state index is 4.90. The molecule has 58 valence electrons. The highest BCUT2D eigenvalue weighted by Gasteiger charge is 2.11. The van der Waals surface area contributed by atoms with Crippen LogP contribution in [-0.2, 0) is 0 Å². The first kappa shape index (κ1) is 12.7. The molecule has 0 fully saturated rings. The summed E-state index contributed by atoms with van der Waals surface area (Å²) in [6.07, 6.45) is 0. The van der Waals surface area contributed by atoms with Crippen molar-refractivity contribution in [1.29, 1.82) is 0 Å². The van der Waals surface area contributed by atoms with Gasteiger partial charge in [-0.1, -0.05) is 46.4 Å². The largest absolute Gasteiger partial charge is 0.329 e. The lowest BCUT2D eigenvalue weighted by Crippen LogP contribution is -2.11. The second-order valence-corrected chi connectivity index (χ2v) is 4.43. The molecule has 0 saturated heterocycles. The Labute approximate surface area is 74.4 Å². The van der Waals surface area contributed by atoms with E-state index in [2.05, 4.69) is 0 Å². The first-order valence-corrected chi connectivity index (χ1v) is 3.58. The van der Waals surface area contributed by atoms with E-state index in [0.717, 1.165) is 0 Å². The highest BCUT2D eigenvalue weighted by atomic mass is 35.6. The highest BCUT2D eigenvalue weighted by Crippen LogP contribution is 2.29. The molecule has 0 aromatic carbocycles. The molecule has 0 unspecified atom stereocenters. The van der Waals surface area contributed by atoms with Crippen molar-refractivity contribution in [1.82, 2.24) is 0 Å². The minimum Gasteiger partial charge on any atom is -0.329 e. The molecule has 0 rings (SSSR count). The van der Waals surface area contributed by atoms with Crippen LogP contribution in [0.4, 0.5) is 0 Å². The molecule has 0 spiro atoms. The molecule has 0 aliphatic carbocycles. The van der Waals surface area contributed by atoms with Crippen molar-refractivity contribution in [3.63, 3.8) is 0 Å². The van der Waals surface area contributed by atoms with Gasteiger partial charge in [-0.2, -0.15) is 0 Å². The zero-order chi connectivity index (χ0) is 7.91. The normalized spacial score (nSPS) is 10.0. The minimum absolute atomic E-state index is 0.597. The van der Waals surface area contributed by atoms with E-state index in [-0.39, 0.29) is 0 Å². The predicted molar refractivity (Wildman–Crippen MR) is 44.3 cm³/mol. The summed E-state index contributed by atoms with van der Waals surface area (Å²) in [5, 5.41) is 0. The monoisotopic (exact) mass is 212 g/mol. The smallest absolute Gasteiger partial charge is 0.266 e. The van der Waals surface area contributed by atoms with Crippen LogP contribution >= 0.6 is 46.4 Å². The molecule has 0 aliphatic rings. The first-order valence-electron chi connectivity index (χ1n) is 2.07. The van der Waals surface area contributed by atoms with E-state index in [9.17, 15) is 0 Å². The SMILES string of the molecule is ClC(Cl)(Cl)Cl.NCCN. The lowest BCUT2D eigenvalue weighted by Gasteiger charge is -1.91. The summed E-state index contributed by atoms with van der Waals surface area (Å²) in [7, 11) is 0. The van der Waals surface area contributed by atoms with Gasteiger partial charge < -0.3 is 11.5 Å². The molecule has 0 aromatic heterocycles. The molecule has 6 heteroatoms. The minimum atomic E-state index is -1.61. The third kappa shape index (κ3) is 105. The maximum Gasteiger partial charge on any atom is 0.266 e. The van der Waals surface area contributed by atoms with Crippen LogP contribution in [0, 0.1) is 0 Å². The van der Waals surface area contributed by atoms with Gasteiger partial charge in [0.1, 0.15) is 0 Å². The maximum absolute atomic E-state index is 4.90. The van der Waals surface area contributed by atoms with Gasteiger partial charge in [0.15, 0.2) is 0 Å². The van der Waals surface area contributed by atoms with Crippen LogP contribution in [0.15, 0.2) is 0 Å². The third-order valence-electron chi connectivity index (χ3n) is 0.167. The van der Waals surface area contributed by atoms with Crippen LogP contribution in [0.3, 0.4) is 0 Å². The number of hydrogen-bond donors (Lipinski definition) is 2. The van der Waals surface area contributed by atoms with E-state index in [1.807, 2.05) is 0 Å². The van der Waals surface area contributed by atoms with Crippen LogP contribution in [0.1, 0.15) is 0 Å². The van der Waals surface area contributed by atoms with Crippen molar-refractivity contribution in [2.45, 2.75) is 3.25 Å². The van der Waals surface area contributed by atoms with E-state index in [0.29, 0.717) is 13.1 Å². The van der Waals surface area contributed by atoms with Crippen molar-refractivity contribution in [3.05, 3.63) is 0 Å². The average Bonchev–Trinajstić information content (AvgIpc) is 1.61. The summed E-state index contributed by atoms with van der Waals surface area (Å²) in [4.78, 5) is 0. The predicted octanol–water partition coefficient (Wildman–Crippen LogP) is 1.46. The van der Waals surface area contributed by atoms with Crippen LogP contribution in [0.5, 0.6) is 0 Å². The van der Waals surface area contributed by atoms with Gasteiger partial charge in [0, 0.05) is 13.1 Å². The Balaban J connectivity index is 0. The summed E-state index contributed by atoms with van der Waals surface area (Å²) >= 11 is 19.3. The zero-order valence-electron chi connectivity index (χ0n) is 4.58. The fourth-order valence-corrected chi connectivity index (χ4v) is 0. The second kappa shape index (κ2) is 7.19. The Morgan fingerprint density at radius 2 is 1.00 bits per heavy atom. The quantitative estimate of drug-likeness (QED) is 0.649. The van der Waals surface area contributed by atoms with Crippen LogP contribution in [0.2, 0.25) is 0 Å². The zero-order valence-corrected chi connectivity index (χ0v) is 7.60. The van der Waals surface area contributed by atoms with Gasteiger partial charge in [0.2, 0.25) is 0 Å². The van der Waals surface area contributed by atoms with E-state index in [1.165, 1.54) is 0 Å². The van der Waals surface area contributed by atoms with Gasteiger partial charge in [-0.25, -0.2) is 0 Å². The molecule has 0 radical (unpaired) electrons. The summed E-state index contributed by atoms with van der Waals surface area (Å²) in [5.41, 5.74) is 9.81. The molecule has 0 atom stereocenters. The summed E-state index contributed by atoms with van der Waals surface area (Å²) < 4.78 is -1.61. The highest BCUT2D eigenvalue weighted by molar-refractivity contribution is 6.83. The average molecular weight is 214 g/mol. The Bertz CT molecular complexity index is 44.3. The summed E-state index contributed by atoms with van der Waals surface area (Å²) in [6, 6.07) is 0. The lowest BCUT2D eigenvalue weighted by atomic mass is 10.7. The Morgan fingerprint density at radius 3 is 1.00 bits per heavy atom. The number of hydrogen-bond acceptors (Lipinski definition) is 2. The van der Waals surface area contributed by atoms with Crippen molar-refractivity contribution in [2.24, 2.45) is 11.5 Å². The number of halogens is 4. The molecule has 2 nitrogen and oxygen atoms in total. The fourth-order valence-electron chi connectivity index (χ4n) is 0. The third-order valence-corrected chi connectivity index (χ3v) is 0.167. The Morgan fingerprint density at radius 1 is 0.889 bits per heavy atom. The summed E-state index contributed by atoms with van der Waals surface area (Å²) in [5.74, 6) is 0. The first-order chi connectivity index (χ1) is 3.91. The molecule has 0 heterocycles. The Kier molecular flexibility index (Phi) is 10.2. The van der Waals surface area contributed by atoms with Gasteiger partial charge >= 0.3 is 0 Å². The van der Waals surface area contributed by atoms with E-state index < -0.39 is 3.25 Å². The van der Waals surface area contributed by atoms with E-state index in [4.69, 9.17) is 57.9 Å². The second-order valence-electron chi connectivity index (χ2n) is 1.01. The molecular formula is C3H8Cl4N2. The van der Waals surface area contributed by atoms with Gasteiger partial charge in [-0.05, 0) is 0 Å². The molecule has 0 aliphatic heterocycles. The van der Waals surface area contributed by atoms with E-state index in [1.54, 1.807) is 0 Å². The molecule has 0 saturated carbocycles. The van der Waals surface area contributed by atoms with E-state index >= 15 is 0 Å². The van der Waals surface area contributed by atoms with Crippen molar-refractivity contribution >= 4 is 46.4 Å². The topological polar surface area (TPSA) is 52.0 Å². The number of nitrogens with two attached hydrogens (primary N) is 2. The Hall–Kier alpha value is 1.08. The van der Waals surface area contributed by atoms with Gasteiger partial charge in [0.25, 0.3) is 3.25 Å². The standard InChI is InChI=1S/C2H8N2.CCl4/c3-1-2-4;2-1(3,4)5/h1-4H2;. The van der Waals surface area contributed by atoms with Gasteiger partial charge in [-0.3, -0.25) is 0 Å². The summed E-state index contributed by atoms with van der Waals surface area (Å²) in [6.45, 7) is 1.19. The number of rotatable bonds is 1. The molecular weight excluding hydrogens is 206 g/mol. The van der Waals surface area contributed by atoms with Crippen molar-refractivity contribution < 1.29 is 0 Å². The molecule has 0 amide bonds. The number of alkyl halides is 4. The fraction of sp³-hybridized carbons (Fsp3) is 1.00. The van der Waals surface area contributed by atoms with Crippen molar-refractivity contribution in [2.75, 3.05) is 13.1 Å². The van der Waals surface area contributed by atoms with Crippen LogP contribution in [0.25, 0.3) is 0 Å². The van der Waals surface area contributed by atoms with Gasteiger partial charge in [0.05, 0.1) is 0 Å². The molecule has 9 heavy (non-hydrogen) atoms. The molecule has 0 bridgehead atoms. The molecule has 0 aromatic rings. The van der Waals surface area contributed by atoms with Crippen molar-refractivity contribution in [3.8, 4) is 0 Å². The lowest BCUT2D eigenvalue weighted by molar-refractivity contribution is 0.976. The van der Waals surface area contributed by atoms with Crippen LogP contribution in [-0.4, -0.2) is 16.3 Å². The van der Waals surface area contributed by atoms with Gasteiger partial charge in [-0.15, -0.1) is 0 Å². The van der Waals surface area contributed by atoms with Crippen LogP contribution < -0.4 is 11.5 Å². The molecule has 4 N–H and O–H groups in total.